The molecule has 0 aliphatic carbocycles. The number of alkyl halides is 1. The fourth-order valence-corrected chi connectivity index (χ4v) is 2.06. The molecule has 1 heterocycles. The maximum atomic E-state index is 6.24. The molecule has 0 aromatic rings. The smallest absolute Gasteiger partial charge is 0.0670 e. The zero-order valence-corrected chi connectivity index (χ0v) is 9.77. The second-order valence-corrected chi connectivity index (χ2v) is 4.93. The number of methoxy groups -OCH3 is 1. The lowest BCUT2D eigenvalue weighted by atomic mass is 10.0. The van der Waals surface area contributed by atoms with Crippen molar-refractivity contribution in [1.29, 1.82) is 0 Å². The van der Waals surface area contributed by atoms with Crippen LogP contribution in [0.5, 0.6) is 0 Å². The molecule has 0 bridgehead atoms. The summed E-state index contributed by atoms with van der Waals surface area (Å²) >= 11 is 6.24. The van der Waals surface area contributed by atoms with Gasteiger partial charge in [0, 0.05) is 25.7 Å². The van der Waals surface area contributed by atoms with Gasteiger partial charge >= 0.3 is 0 Å². The highest BCUT2D eigenvalue weighted by molar-refractivity contribution is 6.21. The number of likely N-dealkylation sites (tertiary alicyclic amines) is 1. The summed E-state index contributed by atoms with van der Waals surface area (Å²) in [4.78, 5) is 2.42. The molecule has 2 nitrogen and oxygen atoms in total. The SMILES string of the molecule is COC(C)CN1CCC(Cl)C1(C)C. The molecule has 1 rings (SSSR count). The predicted octanol–water partition coefficient (Wildman–Crippen LogP) is 2.11. The van der Waals surface area contributed by atoms with E-state index in [9.17, 15) is 0 Å². The third-order valence-electron chi connectivity index (χ3n) is 3.11. The fourth-order valence-electron chi connectivity index (χ4n) is 1.82. The van der Waals surface area contributed by atoms with Crippen molar-refractivity contribution < 1.29 is 4.74 Å². The predicted molar refractivity (Wildman–Crippen MR) is 56.4 cm³/mol. The van der Waals surface area contributed by atoms with Crippen LogP contribution in [-0.2, 0) is 4.74 Å². The van der Waals surface area contributed by atoms with E-state index in [0.29, 0.717) is 6.10 Å². The molecular weight excluding hydrogens is 186 g/mol. The van der Waals surface area contributed by atoms with E-state index in [1.807, 2.05) is 0 Å². The minimum Gasteiger partial charge on any atom is -0.380 e. The van der Waals surface area contributed by atoms with Gasteiger partial charge in [-0.25, -0.2) is 0 Å². The Balaban J connectivity index is 2.52. The maximum Gasteiger partial charge on any atom is 0.0670 e. The molecule has 78 valence electrons. The molecule has 0 aromatic carbocycles. The first-order valence-corrected chi connectivity index (χ1v) is 5.34. The summed E-state index contributed by atoms with van der Waals surface area (Å²) in [5, 5.41) is 0.275. The first kappa shape index (κ1) is 11.3. The molecule has 1 aliphatic rings. The Hall–Kier alpha value is 0.210. The summed E-state index contributed by atoms with van der Waals surface area (Å²) in [6.07, 6.45) is 1.38. The second-order valence-electron chi connectivity index (χ2n) is 4.40. The third-order valence-corrected chi connectivity index (χ3v) is 3.87. The molecule has 1 fully saturated rings. The molecule has 0 aromatic heterocycles. The van der Waals surface area contributed by atoms with Gasteiger partial charge in [-0.2, -0.15) is 0 Å². The molecule has 2 atom stereocenters. The molecule has 0 N–H and O–H groups in total. The monoisotopic (exact) mass is 205 g/mol. The highest BCUT2D eigenvalue weighted by Crippen LogP contribution is 2.32. The van der Waals surface area contributed by atoms with Crippen LogP contribution in [0.2, 0.25) is 0 Å². The van der Waals surface area contributed by atoms with Gasteiger partial charge in [-0.1, -0.05) is 0 Å². The van der Waals surface area contributed by atoms with Crippen molar-refractivity contribution in [3.63, 3.8) is 0 Å². The molecule has 3 heteroatoms. The summed E-state index contributed by atoms with van der Waals surface area (Å²) in [6.45, 7) is 8.58. The first-order chi connectivity index (χ1) is 5.98. The van der Waals surface area contributed by atoms with E-state index in [-0.39, 0.29) is 10.9 Å². The standard InChI is InChI=1S/C10H20ClNO/c1-8(13-4)7-12-6-5-9(11)10(12,2)3/h8-9H,5-7H2,1-4H3. The number of rotatable bonds is 3. The molecular formula is C10H20ClNO. The lowest BCUT2D eigenvalue weighted by Gasteiger charge is -2.35. The van der Waals surface area contributed by atoms with E-state index in [1.54, 1.807) is 7.11 Å². The van der Waals surface area contributed by atoms with Gasteiger partial charge in [0.05, 0.1) is 11.5 Å². The van der Waals surface area contributed by atoms with Gasteiger partial charge < -0.3 is 4.74 Å². The Kier molecular flexibility index (Phi) is 3.61. The van der Waals surface area contributed by atoms with E-state index >= 15 is 0 Å². The van der Waals surface area contributed by atoms with Crippen LogP contribution in [0.4, 0.5) is 0 Å². The van der Waals surface area contributed by atoms with Crippen LogP contribution >= 0.6 is 11.6 Å². The van der Waals surface area contributed by atoms with Crippen LogP contribution in [0.15, 0.2) is 0 Å². The van der Waals surface area contributed by atoms with E-state index in [1.165, 1.54) is 0 Å². The van der Waals surface area contributed by atoms with Gasteiger partial charge in [0.1, 0.15) is 0 Å². The number of hydrogen-bond donors (Lipinski definition) is 0. The summed E-state index contributed by atoms with van der Waals surface area (Å²) in [5.41, 5.74) is 0.119. The third kappa shape index (κ3) is 2.36. The van der Waals surface area contributed by atoms with Crippen molar-refractivity contribution in [1.82, 2.24) is 4.90 Å². The normalized spacial score (nSPS) is 30.7. The van der Waals surface area contributed by atoms with Crippen LogP contribution in [0.1, 0.15) is 27.2 Å². The maximum absolute atomic E-state index is 6.24. The Morgan fingerprint density at radius 2 is 2.23 bits per heavy atom. The van der Waals surface area contributed by atoms with E-state index in [4.69, 9.17) is 16.3 Å². The molecule has 2 unspecified atom stereocenters. The molecule has 0 amide bonds. The zero-order chi connectivity index (χ0) is 10.1. The quantitative estimate of drug-likeness (QED) is 0.655. The Bertz CT molecular complexity index is 172. The molecule has 0 spiro atoms. The molecule has 0 radical (unpaired) electrons. The summed E-state index contributed by atoms with van der Waals surface area (Å²) in [7, 11) is 1.76. The second kappa shape index (κ2) is 4.16. The minimum absolute atomic E-state index is 0.119. The van der Waals surface area contributed by atoms with Gasteiger partial charge in [0.15, 0.2) is 0 Å². The van der Waals surface area contributed by atoms with E-state index in [2.05, 4.69) is 25.7 Å². The van der Waals surface area contributed by atoms with Crippen molar-refractivity contribution >= 4 is 11.6 Å². The number of nitrogens with zero attached hydrogens (tertiary/aromatic N) is 1. The highest BCUT2D eigenvalue weighted by Gasteiger charge is 2.40. The van der Waals surface area contributed by atoms with E-state index < -0.39 is 0 Å². The fraction of sp³-hybridized carbons (Fsp3) is 1.00. The molecule has 1 aliphatic heterocycles. The van der Waals surface area contributed by atoms with Gasteiger partial charge in [-0.15, -0.1) is 11.6 Å². The van der Waals surface area contributed by atoms with E-state index in [0.717, 1.165) is 19.5 Å². The topological polar surface area (TPSA) is 12.5 Å². The van der Waals surface area contributed by atoms with Crippen LogP contribution in [0.25, 0.3) is 0 Å². The van der Waals surface area contributed by atoms with Gasteiger partial charge in [-0.3, -0.25) is 4.90 Å². The van der Waals surface area contributed by atoms with Gasteiger partial charge in [0.2, 0.25) is 0 Å². The van der Waals surface area contributed by atoms with Crippen molar-refractivity contribution in [2.45, 2.75) is 44.2 Å². The van der Waals surface area contributed by atoms with Crippen LogP contribution in [-0.4, -0.2) is 42.1 Å². The van der Waals surface area contributed by atoms with Gasteiger partial charge in [0.25, 0.3) is 0 Å². The molecule has 0 saturated carbocycles. The highest BCUT2D eigenvalue weighted by atomic mass is 35.5. The van der Waals surface area contributed by atoms with Crippen LogP contribution in [0, 0.1) is 0 Å². The number of hydrogen-bond acceptors (Lipinski definition) is 2. The number of halogens is 1. The summed E-state index contributed by atoms with van der Waals surface area (Å²) in [6, 6.07) is 0. The lowest BCUT2D eigenvalue weighted by Crippen LogP contribution is -2.46. The lowest BCUT2D eigenvalue weighted by molar-refractivity contribution is 0.0543. The Morgan fingerprint density at radius 1 is 1.62 bits per heavy atom. The van der Waals surface area contributed by atoms with Crippen LogP contribution < -0.4 is 0 Å². The molecule has 13 heavy (non-hydrogen) atoms. The Labute approximate surface area is 86.2 Å². The van der Waals surface area contributed by atoms with Crippen molar-refractivity contribution in [3.05, 3.63) is 0 Å². The number of ether oxygens (including phenoxy) is 1. The van der Waals surface area contributed by atoms with Gasteiger partial charge in [-0.05, 0) is 27.2 Å². The zero-order valence-electron chi connectivity index (χ0n) is 9.01. The van der Waals surface area contributed by atoms with Crippen molar-refractivity contribution in [2.24, 2.45) is 0 Å². The van der Waals surface area contributed by atoms with Crippen molar-refractivity contribution in [2.75, 3.05) is 20.2 Å². The molecule has 1 saturated heterocycles. The Morgan fingerprint density at radius 3 is 2.62 bits per heavy atom. The largest absolute Gasteiger partial charge is 0.380 e. The summed E-state index contributed by atoms with van der Waals surface area (Å²) < 4.78 is 5.26. The first-order valence-electron chi connectivity index (χ1n) is 4.90. The summed E-state index contributed by atoms with van der Waals surface area (Å²) in [5.74, 6) is 0. The average Bonchev–Trinajstić information content (AvgIpc) is 2.31. The van der Waals surface area contributed by atoms with Crippen molar-refractivity contribution in [3.8, 4) is 0 Å². The minimum atomic E-state index is 0.119. The average molecular weight is 206 g/mol. The van der Waals surface area contributed by atoms with Crippen LogP contribution in [0.3, 0.4) is 0 Å².